The van der Waals surface area contributed by atoms with Gasteiger partial charge >= 0.3 is 11.9 Å². The highest BCUT2D eigenvalue weighted by molar-refractivity contribution is 6.32. The van der Waals surface area contributed by atoms with Gasteiger partial charge < -0.3 is 14.8 Å². The maximum Gasteiger partial charge on any atom is 0.337 e. The molecule has 0 bridgehead atoms. The summed E-state index contributed by atoms with van der Waals surface area (Å²) in [5, 5.41) is 2.67. The number of hydrogen-bond acceptors (Lipinski definition) is 6. The van der Waals surface area contributed by atoms with E-state index in [0.717, 1.165) is 0 Å². The molecule has 1 unspecified atom stereocenters. The molecule has 0 aliphatic carbocycles. The van der Waals surface area contributed by atoms with Crippen LogP contribution in [-0.2, 0) is 19.1 Å². The van der Waals surface area contributed by atoms with Crippen LogP contribution in [-0.4, -0.2) is 36.0 Å². The molecule has 0 aliphatic rings. The Morgan fingerprint density at radius 1 is 1.19 bits per heavy atom. The average Bonchev–Trinajstić information content (AvgIpc) is 2.67. The van der Waals surface area contributed by atoms with Crippen molar-refractivity contribution in [2.24, 2.45) is 0 Å². The minimum Gasteiger partial charge on any atom is -0.465 e. The number of pyridine rings is 1. The number of amides is 1. The minimum absolute atomic E-state index is 0.139. The summed E-state index contributed by atoms with van der Waals surface area (Å²) in [5.74, 6) is -1.67. The summed E-state index contributed by atoms with van der Waals surface area (Å²) in [7, 11) is 1.30. The van der Waals surface area contributed by atoms with Gasteiger partial charge in [-0.15, -0.1) is 0 Å². The first-order valence-electron chi connectivity index (χ1n) is 7.89. The molecule has 1 aromatic heterocycles. The Balaban J connectivity index is 1.90. The summed E-state index contributed by atoms with van der Waals surface area (Å²) in [5.41, 5.74) is 1.41. The van der Waals surface area contributed by atoms with Crippen molar-refractivity contribution in [1.29, 1.82) is 0 Å². The van der Waals surface area contributed by atoms with Crippen LogP contribution in [0.15, 0.2) is 48.7 Å². The average molecular weight is 389 g/mol. The molecule has 2 rings (SSSR count). The monoisotopic (exact) mass is 388 g/mol. The Hall–Kier alpha value is -3.19. The summed E-state index contributed by atoms with van der Waals surface area (Å²) in [6.07, 6.45) is 3.16. The second kappa shape index (κ2) is 9.49. The lowest BCUT2D eigenvalue weighted by Crippen LogP contribution is -2.29. The third-order valence-corrected chi connectivity index (χ3v) is 3.72. The number of nitrogens with zero attached hydrogens (tertiary/aromatic N) is 1. The van der Waals surface area contributed by atoms with Crippen molar-refractivity contribution in [2.75, 3.05) is 12.4 Å². The number of esters is 2. The van der Waals surface area contributed by atoms with Crippen LogP contribution in [0.3, 0.4) is 0 Å². The van der Waals surface area contributed by atoms with Gasteiger partial charge in [0.15, 0.2) is 11.3 Å². The first-order chi connectivity index (χ1) is 12.9. The highest BCUT2D eigenvalue weighted by Gasteiger charge is 2.17. The molecule has 1 amide bonds. The van der Waals surface area contributed by atoms with E-state index >= 15 is 0 Å². The smallest absolute Gasteiger partial charge is 0.337 e. The number of hydrogen-bond donors (Lipinski definition) is 1. The maximum absolute atomic E-state index is 12.1. The molecule has 1 atom stereocenters. The number of aromatic nitrogens is 1. The Morgan fingerprint density at radius 3 is 2.52 bits per heavy atom. The van der Waals surface area contributed by atoms with Gasteiger partial charge in [0.2, 0.25) is 0 Å². The number of anilines is 1. The van der Waals surface area contributed by atoms with Crippen LogP contribution in [0.4, 0.5) is 5.69 Å². The number of benzene rings is 1. The van der Waals surface area contributed by atoms with E-state index in [-0.39, 0.29) is 5.15 Å². The van der Waals surface area contributed by atoms with Crippen molar-refractivity contribution in [2.45, 2.75) is 13.0 Å². The Kier molecular flexibility index (Phi) is 7.08. The van der Waals surface area contributed by atoms with Crippen LogP contribution in [0.5, 0.6) is 0 Å². The van der Waals surface area contributed by atoms with Crippen molar-refractivity contribution in [3.63, 3.8) is 0 Å². The van der Waals surface area contributed by atoms with Crippen LogP contribution in [0.25, 0.3) is 6.08 Å². The fourth-order valence-electron chi connectivity index (χ4n) is 1.99. The van der Waals surface area contributed by atoms with Crippen LogP contribution in [0.2, 0.25) is 5.15 Å². The Morgan fingerprint density at radius 2 is 1.89 bits per heavy atom. The first-order valence-corrected chi connectivity index (χ1v) is 8.27. The molecule has 0 saturated heterocycles. The van der Waals surface area contributed by atoms with E-state index in [1.54, 1.807) is 36.4 Å². The molecule has 0 fully saturated rings. The van der Waals surface area contributed by atoms with Gasteiger partial charge in [0.1, 0.15) is 0 Å². The molecule has 1 aromatic carbocycles. The zero-order valence-electron chi connectivity index (χ0n) is 14.6. The molecule has 2 aromatic rings. The molecule has 1 N–H and O–H groups in total. The van der Waals surface area contributed by atoms with Gasteiger partial charge in [0.25, 0.3) is 5.91 Å². The number of methoxy groups -OCH3 is 1. The summed E-state index contributed by atoms with van der Waals surface area (Å²) in [6.45, 7) is 1.44. The number of carbonyl (C=O) groups excluding carboxylic acids is 3. The Labute approximate surface area is 161 Å². The van der Waals surface area contributed by atoms with Gasteiger partial charge in [-0.25, -0.2) is 14.6 Å². The molecule has 0 spiro atoms. The van der Waals surface area contributed by atoms with E-state index in [1.165, 1.54) is 32.4 Å². The van der Waals surface area contributed by atoms with Crippen molar-refractivity contribution in [3.05, 3.63) is 65.0 Å². The summed E-state index contributed by atoms with van der Waals surface area (Å²) in [4.78, 5) is 39.1. The number of rotatable bonds is 6. The quantitative estimate of drug-likeness (QED) is 0.464. The molecule has 0 radical (unpaired) electrons. The molecule has 7 nitrogen and oxygen atoms in total. The van der Waals surface area contributed by atoms with Crippen LogP contribution < -0.4 is 5.32 Å². The molecule has 8 heteroatoms. The topological polar surface area (TPSA) is 94.6 Å². The molecule has 1 heterocycles. The molecule has 27 heavy (non-hydrogen) atoms. The number of halogens is 1. The fourth-order valence-corrected chi connectivity index (χ4v) is 2.16. The van der Waals surface area contributed by atoms with E-state index in [0.29, 0.717) is 16.8 Å². The molecule has 140 valence electrons. The highest BCUT2D eigenvalue weighted by atomic mass is 35.5. The van der Waals surface area contributed by atoms with Gasteiger partial charge in [-0.2, -0.15) is 0 Å². The van der Waals surface area contributed by atoms with E-state index in [4.69, 9.17) is 16.3 Å². The fraction of sp³-hybridized carbons (Fsp3) is 0.158. The third-order valence-electron chi connectivity index (χ3n) is 3.42. The minimum atomic E-state index is -1.03. The lowest BCUT2D eigenvalue weighted by atomic mass is 10.1. The van der Waals surface area contributed by atoms with Crippen molar-refractivity contribution in [1.82, 2.24) is 4.98 Å². The molecular formula is C19H17ClN2O5. The van der Waals surface area contributed by atoms with Gasteiger partial charge in [0, 0.05) is 12.3 Å². The van der Waals surface area contributed by atoms with Crippen LogP contribution in [0, 0.1) is 0 Å². The van der Waals surface area contributed by atoms with Gasteiger partial charge in [-0.1, -0.05) is 23.7 Å². The van der Waals surface area contributed by atoms with Crippen molar-refractivity contribution >= 4 is 41.2 Å². The predicted molar refractivity (Wildman–Crippen MR) is 100 cm³/mol. The van der Waals surface area contributed by atoms with Crippen LogP contribution >= 0.6 is 11.6 Å². The largest absolute Gasteiger partial charge is 0.465 e. The summed E-state index contributed by atoms with van der Waals surface area (Å²) < 4.78 is 9.66. The molecule has 0 aliphatic heterocycles. The molecule has 0 saturated carbocycles. The van der Waals surface area contributed by atoms with E-state index in [2.05, 4.69) is 15.0 Å². The van der Waals surface area contributed by atoms with Crippen molar-refractivity contribution < 1.29 is 23.9 Å². The zero-order chi connectivity index (χ0) is 19.8. The third kappa shape index (κ3) is 5.93. The number of nitrogens with one attached hydrogen (secondary N) is 1. The van der Waals surface area contributed by atoms with E-state index in [1.807, 2.05) is 0 Å². The standard InChI is InChI=1S/C19H17ClN2O5/c1-12(18(24)22-15-4-3-11-21-17(15)20)27-16(23)10-7-13-5-8-14(9-6-13)19(25)26-2/h3-12H,1-2H3,(H,22,24)/b10-7+. The second-order valence-corrected chi connectivity index (χ2v) is 5.72. The highest BCUT2D eigenvalue weighted by Crippen LogP contribution is 2.17. The van der Waals surface area contributed by atoms with E-state index < -0.39 is 23.9 Å². The van der Waals surface area contributed by atoms with Gasteiger partial charge in [0.05, 0.1) is 18.4 Å². The Bertz CT molecular complexity index is 865. The van der Waals surface area contributed by atoms with Crippen LogP contribution in [0.1, 0.15) is 22.8 Å². The number of ether oxygens (including phenoxy) is 2. The lowest BCUT2D eigenvalue weighted by Gasteiger charge is -2.12. The van der Waals surface area contributed by atoms with Gasteiger partial charge in [-0.3, -0.25) is 4.79 Å². The molecular weight excluding hydrogens is 372 g/mol. The second-order valence-electron chi connectivity index (χ2n) is 5.36. The predicted octanol–water partition coefficient (Wildman–Crippen LogP) is 3.11. The lowest BCUT2D eigenvalue weighted by molar-refractivity contribution is -0.148. The first kappa shape index (κ1) is 20.1. The zero-order valence-corrected chi connectivity index (χ0v) is 15.4. The summed E-state index contributed by atoms with van der Waals surface area (Å²) in [6, 6.07) is 9.65. The number of carbonyl (C=O) groups is 3. The maximum atomic E-state index is 12.1. The van der Waals surface area contributed by atoms with E-state index in [9.17, 15) is 14.4 Å². The normalized spacial score (nSPS) is 11.7. The SMILES string of the molecule is COC(=O)c1ccc(/C=C/C(=O)OC(C)C(=O)Nc2cccnc2Cl)cc1. The van der Waals surface area contributed by atoms with Gasteiger partial charge in [-0.05, 0) is 42.8 Å². The summed E-state index contributed by atoms with van der Waals surface area (Å²) >= 11 is 5.86. The van der Waals surface area contributed by atoms with Crippen molar-refractivity contribution in [3.8, 4) is 0 Å².